The van der Waals surface area contributed by atoms with E-state index in [1.165, 1.54) is 5.57 Å². The molecule has 0 unspecified atom stereocenters. The van der Waals surface area contributed by atoms with Gasteiger partial charge in [0.1, 0.15) is 0 Å². The van der Waals surface area contributed by atoms with Gasteiger partial charge in [0.15, 0.2) is 0 Å². The standard InChI is InChI=1S/C9H15NO/c1-4-5-10-6-7(2)8(3)9(10)11/h4-6H2,1-3H3. The monoisotopic (exact) mass is 153 g/mol. The third kappa shape index (κ3) is 1.44. The van der Waals surface area contributed by atoms with Crippen LogP contribution in [0.3, 0.4) is 0 Å². The lowest BCUT2D eigenvalue weighted by Crippen LogP contribution is -2.27. The van der Waals surface area contributed by atoms with Crippen LogP contribution in [0.15, 0.2) is 11.1 Å². The quantitative estimate of drug-likeness (QED) is 0.589. The van der Waals surface area contributed by atoms with Crippen molar-refractivity contribution in [2.24, 2.45) is 0 Å². The van der Waals surface area contributed by atoms with Crippen LogP contribution >= 0.6 is 0 Å². The maximum atomic E-state index is 11.4. The molecule has 0 radical (unpaired) electrons. The van der Waals surface area contributed by atoms with Crippen molar-refractivity contribution in [1.29, 1.82) is 0 Å². The summed E-state index contributed by atoms with van der Waals surface area (Å²) in [6.45, 7) is 7.78. The first-order valence-electron chi connectivity index (χ1n) is 4.12. The molecule has 0 aromatic carbocycles. The first-order chi connectivity index (χ1) is 5.16. The van der Waals surface area contributed by atoms with Gasteiger partial charge in [0.25, 0.3) is 0 Å². The van der Waals surface area contributed by atoms with Crippen LogP contribution in [-0.2, 0) is 4.79 Å². The van der Waals surface area contributed by atoms with Crippen molar-refractivity contribution in [3.8, 4) is 0 Å². The van der Waals surface area contributed by atoms with Crippen LogP contribution in [-0.4, -0.2) is 23.9 Å². The van der Waals surface area contributed by atoms with E-state index >= 15 is 0 Å². The average molecular weight is 153 g/mol. The number of carbonyl (C=O) groups is 1. The maximum absolute atomic E-state index is 11.4. The lowest BCUT2D eigenvalue weighted by Gasteiger charge is -2.14. The van der Waals surface area contributed by atoms with E-state index < -0.39 is 0 Å². The minimum absolute atomic E-state index is 0.226. The molecule has 1 aliphatic rings. The molecule has 1 rings (SSSR count). The fraction of sp³-hybridized carbons (Fsp3) is 0.667. The van der Waals surface area contributed by atoms with Gasteiger partial charge in [-0.3, -0.25) is 4.79 Å². The lowest BCUT2D eigenvalue weighted by molar-refractivity contribution is -0.125. The molecule has 0 aliphatic carbocycles. The van der Waals surface area contributed by atoms with Gasteiger partial charge in [-0.25, -0.2) is 0 Å². The van der Waals surface area contributed by atoms with Crippen LogP contribution < -0.4 is 0 Å². The smallest absolute Gasteiger partial charge is 0.249 e. The predicted octanol–water partition coefficient (Wildman–Crippen LogP) is 1.57. The molecule has 1 amide bonds. The minimum atomic E-state index is 0.226. The Balaban J connectivity index is 2.63. The Morgan fingerprint density at radius 3 is 2.45 bits per heavy atom. The van der Waals surface area contributed by atoms with E-state index in [1.54, 1.807) is 0 Å². The van der Waals surface area contributed by atoms with E-state index in [0.29, 0.717) is 0 Å². The number of hydrogen-bond acceptors (Lipinski definition) is 1. The summed E-state index contributed by atoms with van der Waals surface area (Å²) in [5.41, 5.74) is 2.17. The lowest BCUT2D eigenvalue weighted by atomic mass is 10.2. The molecule has 1 heterocycles. The van der Waals surface area contributed by atoms with Gasteiger partial charge < -0.3 is 4.90 Å². The topological polar surface area (TPSA) is 20.3 Å². The molecule has 0 saturated heterocycles. The largest absolute Gasteiger partial charge is 0.335 e. The van der Waals surface area contributed by atoms with Crippen molar-refractivity contribution >= 4 is 5.91 Å². The van der Waals surface area contributed by atoms with Crippen molar-refractivity contribution in [3.63, 3.8) is 0 Å². The van der Waals surface area contributed by atoms with E-state index in [1.807, 2.05) is 18.7 Å². The van der Waals surface area contributed by atoms with Crippen molar-refractivity contribution < 1.29 is 4.79 Å². The van der Waals surface area contributed by atoms with Crippen molar-refractivity contribution in [1.82, 2.24) is 4.90 Å². The second kappa shape index (κ2) is 3.07. The van der Waals surface area contributed by atoms with E-state index in [0.717, 1.165) is 25.1 Å². The summed E-state index contributed by atoms with van der Waals surface area (Å²) in [7, 11) is 0. The number of rotatable bonds is 2. The van der Waals surface area contributed by atoms with Crippen LogP contribution in [0.4, 0.5) is 0 Å². The van der Waals surface area contributed by atoms with E-state index in [-0.39, 0.29) is 5.91 Å². The zero-order valence-electron chi connectivity index (χ0n) is 7.48. The van der Waals surface area contributed by atoms with Gasteiger partial charge in [0, 0.05) is 18.7 Å². The minimum Gasteiger partial charge on any atom is -0.335 e. The molecule has 11 heavy (non-hydrogen) atoms. The zero-order valence-corrected chi connectivity index (χ0v) is 7.48. The highest BCUT2D eigenvalue weighted by atomic mass is 16.2. The Bertz CT molecular complexity index is 206. The second-order valence-corrected chi connectivity index (χ2v) is 3.13. The predicted molar refractivity (Wildman–Crippen MR) is 45.2 cm³/mol. The normalized spacial score (nSPS) is 18.5. The molecule has 0 atom stereocenters. The Kier molecular flexibility index (Phi) is 2.32. The molecule has 0 aromatic heterocycles. The number of carbonyl (C=O) groups excluding carboxylic acids is 1. The summed E-state index contributed by atoms with van der Waals surface area (Å²) in [4.78, 5) is 13.3. The third-order valence-electron chi connectivity index (χ3n) is 2.17. The van der Waals surface area contributed by atoms with Crippen LogP contribution in [0.25, 0.3) is 0 Å². The van der Waals surface area contributed by atoms with Crippen molar-refractivity contribution in [3.05, 3.63) is 11.1 Å². The Morgan fingerprint density at radius 1 is 1.45 bits per heavy atom. The number of hydrogen-bond donors (Lipinski definition) is 0. The van der Waals surface area contributed by atoms with Crippen molar-refractivity contribution in [2.75, 3.05) is 13.1 Å². The van der Waals surface area contributed by atoms with Crippen LogP contribution in [0.2, 0.25) is 0 Å². The molecule has 0 N–H and O–H groups in total. The van der Waals surface area contributed by atoms with E-state index in [2.05, 4.69) is 6.92 Å². The van der Waals surface area contributed by atoms with Gasteiger partial charge in [0.2, 0.25) is 5.91 Å². The third-order valence-corrected chi connectivity index (χ3v) is 2.17. The maximum Gasteiger partial charge on any atom is 0.249 e. The summed E-state index contributed by atoms with van der Waals surface area (Å²) in [6.07, 6.45) is 1.05. The molecular formula is C9H15NO. The number of amides is 1. The Hall–Kier alpha value is -0.790. The van der Waals surface area contributed by atoms with E-state index in [9.17, 15) is 4.79 Å². The van der Waals surface area contributed by atoms with Gasteiger partial charge in [-0.15, -0.1) is 0 Å². The highest BCUT2D eigenvalue weighted by molar-refractivity contribution is 5.96. The van der Waals surface area contributed by atoms with Crippen molar-refractivity contribution in [2.45, 2.75) is 27.2 Å². The Morgan fingerprint density at radius 2 is 2.09 bits per heavy atom. The molecule has 0 fully saturated rings. The molecule has 1 aliphatic heterocycles. The average Bonchev–Trinajstić information content (AvgIpc) is 2.19. The molecular weight excluding hydrogens is 138 g/mol. The van der Waals surface area contributed by atoms with Crippen LogP contribution in [0, 0.1) is 0 Å². The van der Waals surface area contributed by atoms with Gasteiger partial charge in [0.05, 0.1) is 0 Å². The molecule has 2 heteroatoms. The SMILES string of the molecule is CCCN1CC(C)=C(C)C1=O. The summed E-state index contributed by atoms with van der Waals surface area (Å²) >= 11 is 0. The van der Waals surface area contributed by atoms with Gasteiger partial charge in [-0.1, -0.05) is 6.92 Å². The highest BCUT2D eigenvalue weighted by Crippen LogP contribution is 2.17. The molecule has 0 saturated carbocycles. The van der Waals surface area contributed by atoms with Gasteiger partial charge in [-0.05, 0) is 25.8 Å². The summed E-state index contributed by atoms with van der Waals surface area (Å²) in [5.74, 6) is 0.226. The molecule has 2 nitrogen and oxygen atoms in total. The van der Waals surface area contributed by atoms with Gasteiger partial charge in [-0.2, -0.15) is 0 Å². The molecule has 0 aromatic rings. The fourth-order valence-electron chi connectivity index (χ4n) is 1.35. The van der Waals surface area contributed by atoms with Crippen LogP contribution in [0.5, 0.6) is 0 Å². The molecule has 0 bridgehead atoms. The van der Waals surface area contributed by atoms with Gasteiger partial charge >= 0.3 is 0 Å². The fourth-order valence-corrected chi connectivity index (χ4v) is 1.35. The van der Waals surface area contributed by atoms with Crippen LogP contribution in [0.1, 0.15) is 27.2 Å². The summed E-state index contributed by atoms with van der Waals surface area (Å²) in [5, 5.41) is 0. The second-order valence-electron chi connectivity index (χ2n) is 3.13. The molecule has 62 valence electrons. The summed E-state index contributed by atoms with van der Waals surface area (Å²) in [6, 6.07) is 0. The summed E-state index contributed by atoms with van der Waals surface area (Å²) < 4.78 is 0. The first-order valence-corrected chi connectivity index (χ1v) is 4.12. The Labute approximate surface area is 67.9 Å². The number of nitrogens with zero attached hydrogens (tertiary/aromatic N) is 1. The zero-order chi connectivity index (χ0) is 8.43. The molecule has 0 spiro atoms. The van der Waals surface area contributed by atoms with E-state index in [4.69, 9.17) is 0 Å². The first kappa shape index (κ1) is 8.31. The highest BCUT2D eigenvalue weighted by Gasteiger charge is 2.23.